The average molecular weight is 454 g/mol. The van der Waals surface area contributed by atoms with Crippen LogP contribution in [-0.2, 0) is 17.1 Å². The van der Waals surface area contributed by atoms with E-state index in [1.165, 1.54) is 10.0 Å². The molecular formula is C19H18FeN4O2S2. The maximum absolute atomic E-state index is 12.0. The Morgan fingerprint density at radius 2 is 1.07 bits per heavy atom. The van der Waals surface area contributed by atoms with E-state index in [-0.39, 0.29) is 17.1 Å². The molecule has 2 rings (SSSR count). The van der Waals surface area contributed by atoms with Gasteiger partial charge in [0.25, 0.3) is 0 Å². The van der Waals surface area contributed by atoms with Crippen molar-refractivity contribution in [3.05, 3.63) is 71.8 Å². The van der Waals surface area contributed by atoms with E-state index in [4.69, 9.17) is 24.4 Å². The first-order valence-corrected chi connectivity index (χ1v) is 8.85. The Balaban J connectivity index is 0.00000392. The predicted molar refractivity (Wildman–Crippen MR) is 111 cm³/mol. The molecular weight excluding hydrogens is 436 g/mol. The van der Waals surface area contributed by atoms with E-state index >= 15 is 0 Å². The van der Waals surface area contributed by atoms with E-state index in [0.29, 0.717) is 9.98 Å². The Morgan fingerprint density at radius 3 is 1.39 bits per heavy atom. The molecule has 0 radical (unpaired) electrons. The van der Waals surface area contributed by atoms with Gasteiger partial charge < -0.3 is 10.2 Å². The van der Waals surface area contributed by atoms with Gasteiger partial charge in [-0.05, 0) is 11.8 Å². The summed E-state index contributed by atoms with van der Waals surface area (Å²) in [7, 11) is 3.12. The normalized spacial score (nSPS) is 11.4. The number of hydrazone groups is 2. The van der Waals surface area contributed by atoms with Crippen molar-refractivity contribution >= 4 is 46.2 Å². The molecule has 2 aromatic carbocycles. The van der Waals surface area contributed by atoms with Crippen molar-refractivity contribution < 1.29 is 27.3 Å². The zero-order valence-corrected chi connectivity index (χ0v) is 18.0. The zero-order valence-electron chi connectivity index (χ0n) is 15.3. The van der Waals surface area contributed by atoms with Crippen molar-refractivity contribution in [1.82, 2.24) is 10.0 Å². The van der Waals surface area contributed by atoms with Crippen molar-refractivity contribution in [1.29, 1.82) is 0 Å². The van der Waals surface area contributed by atoms with Crippen LogP contribution >= 0.6 is 24.4 Å². The quantitative estimate of drug-likeness (QED) is 0.216. The molecule has 0 saturated carbocycles. The largest absolute Gasteiger partial charge is 2.00 e. The van der Waals surface area contributed by atoms with Gasteiger partial charge in [-0.2, -0.15) is 10.2 Å². The molecule has 0 N–H and O–H groups in total. The fraction of sp³-hybridized carbons (Fsp3) is 0.158. The maximum atomic E-state index is 12.0. The first-order chi connectivity index (χ1) is 12.9. The van der Waals surface area contributed by atoms with E-state index in [1.54, 1.807) is 14.1 Å². The van der Waals surface area contributed by atoms with Crippen molar-refractivity contribution in [3.63, 3.8) is 0 Å². The molecule has 0 unspecified atom stereocenters. The fourth-order valence-corrected chi connectivity index (χ4v) is 2.51. The number of benzene rings is 2. The Labute approximate surface area is 185 Å². The van der Waals surface area contributed by atoms with E-state index in [1.807, 2.05) is 60.7 Å². The minimum atomic E-state index is -0.636. The molecule has 146 valence electrons. The zero-order chi connectivity index (χ0) is 19.8. The number of nitrogens with zero attached hydrogens (tertiary/aromatic N) is 4. The smallest absolute Gasteiger partial charge is 0.860 e. The first kappa shape index (κ1) is 23.7. The standard InChI is InChI=1S/C19H20N4O2S2.Fe/c1-22(18(26)14-9-5-3-6-10-14)20-16(24)13-17(25)21-23(2)19(27)15-11-7-4-8-12-15;/h3-12H,13H2,1-2H3,(H,20,24)(H,21,25);/q;+2/p-2. The van der Waals surface area contributed by atoms with Crippen LogP contribution in [0.1, 0.15) is 17.5 Å². The number of hydrogen-bond acceptors (Lipinski definition) is 6. The van der Waals surface area contributed by atoms with Crippen LogP contribution in [0.4, 0.5) is 0 Å². The van der Waals surface area contributed by atoms with Crippen molar-refractivity contribution in [2.45, 2.75) is 6.42 Å². The van der Waals surface area contributed by atoms with Crippen LogP contribution in [0, 0.1) is 0 Å². The molecule has 0 spiro atoms. The number of thiocarbonyl (C=S) groups is 2. The van der Waals surface area contributed by atoms with Crippen molar-refractivity contribution in [3.8, 4) is 0 Å². The second-order valence-corrected chi connectivity index (χ2v) is 6.33. The Hall–Kier alpha value is -2.32. The van der Waals surface area contributed by atoms with E-state index in [9.17, 15) is 10.2 Å². The Kier molecular flexibility index (Phi) is 9.75. The minimum absolute atomic E-state index is 0. The molecule has 0 fully saturated rings. The molecule has 0 saturated heterocycles. The molecule has 0 aromatic heterocycles. The van der Waals surface area contributed by atoms with E-state index < -0.39 is 18.2 Å². The van der Waals surface area contributed by atoms with Crippen LogP contribution in [0.15, 0.2) is 70.9 Å². The number of hydrogen-bond donors (Lipinski definition) is 0. The summed E-state index contributed by atoms with van der Waals surface area (Å²) in [5.74, 6) is -1.27. The predicted octanol–water partition coefficient (Wildman–Crippen LogP) is 1.34. The third-order valence-electron chi connectivity index (χ3n) is 3.45. The van der Waals surface area contributed by atoms with Gasteiger partial charge in [0.05, 0.1) is 0 Å². The summed E-state index contributed by atoms with van der Waals surface area (Å²) in [4.78, 5) is 0.770. The van der Waals surface area contributed by atoms with Gasteiger partial charge in [0.1, 0.15) is 9.98 Å². The molecule has 0 aliphatic rings. The molecule has 9 heteroatoms. The van der Waals surface area contributed by atoms with Crippen LogP contribution < -0.4 is 10.2 Å². The SMILES string of the molecule is CN(/N=C(\[O-])C/C([O-])=N/N(C)C(=S)c1ccccc1)C(=S)c1ccccc1.[Fe+2]. The van der Waals surface area contributed by atoms with Gasteiger partial charge in [-0.15, -0.1) is 0 Å². The summed E-state index contributed by atoms with van der Waals surface area (Å²) >= 11 is 10.6. The van der Waals surface area contributed by atoms with Gasteiger partial charge in [-0.3, -0.25) is 10.0 Å². The van der Waals surface area contributed by atoms with E-state index in [2.05, 4.69) is 10.2 Å². The minimum Gasteiger partial charge on any atom is -0.860 e. The second kappa shape index (κ2) is 11.5. The summed E-state index contributed by atoms with van der Waals surface area (Å²) < 4.78 is 0. The molecule has 6 nitrogen and oxygen atoms in total. The third kappa shape index (κ3) is 7.01. The summed E-state index contributed by atoms with van der Waals surface area (Å²) in [6.07, 6.45) is -0.469. The van der Waals surface area contributed by atoms with Gasteiger partial charge in [-0.25, -0.2) is 0 Å². The summed E-state index contributed by atoms with van der Waals surface area (Å²) in [6.45, 7) is 0. The molecule has 0 amide bonds. The maximum Gasteiger partial charge on any atom is 2.00 e. The van der Waals surface area contributed by atoms with Gasteiger partial charge >= 0.3 is 17.1 Å². The summed E-state index contributed by atoms with van der Waals surface area (Å²) in [6, 6.07) is 18.4. The van der Waals surface area contributed by atoms with Gasteiger partial charge in [-0.1, -0.05) is 85.1 Å². The van der Waals surface area contributed by atoms with Crippen LogP contribution in [-0.4, -0.2) is 45.9 Å². The van der Waals surface area contributed by atoms with Crippen LogP contribution in [0.2, 0.25) is 0 Å². The summed E-state index contributed by atoms with van der Waals surface area (Å²) in [5, 5.41) is 34.2. The summed E-state index contributed by atoms with van der Waals surface area (Å²) in [5.41, 5.74) is 1.52. The van der Waals surface area contributed by atoms with Gasteiger partial charge in [0.15, 0.2) is 0 Å². The number of rotatable bonds is 6. The topological polar surface area (TPSA) is 77.3 Å². The van der Waals surface area contributed by atoms with Crippen LogP contribution in [0.5, 0.6) is 0 Å². The van der Waals surface area contributed by atoms with Crippen LogP contribution in [0.3, 0.4) is 0 Å². The molecule has 0 aliphatic carbocycles. The Bertz CT molecular complexity index is 789. The molecule has 0 atom stereocenters. The average Bonchev–Trinajstić information content (AvgIpc) is 2.67. The molecule has 0 aliphatic heterocycles. The van der Waals surface area contributed by atoms with Gasteiger partial charge in [0, 0.05) is 31.6 Å². The third-order valence-corrected chi connectivity index (χ3v) is 4.45. The van der Waals surface area contributed by atoms with E-state index in [0.717, 1.165) is 11.1 Å². The van der Waals surface area contributed by atoms with Crippen molar-refractivity contribution in [2.24, 2.45) is 10.2 Å². The molecule has 0 heterocycles. The fourth-order valence-electron chi connectivity index (χ4n) is 2.16. The molecule has 28 heavy (non-hydrogen) atoms. The molecule has 0 bridgehead atoms. The second-order valence-electron chi connectivity index (χ2n) is 5.55. The first-order valence-electron chi connectivity index (χ1n) is 8.03. The van der Waals surface area contributed by atoms with Crippen molar-refractivity contribution in [2.75, 3.05) is 14.1 Å². The van der Waals surface area contributed by atoms with Gasteiger partial charge in [0.2, 0.25) is 0 Å². The van der Waals surface area contributed by atoms with Crippen LogP contribution in [0.25, 0.3) is 0 Å². The molecule has 2 aromatic rings. The monoisotopic (exact) mass is 454 g/mol. The Morgan fingerprint density at radius 1 is 0.750 bits per heavy atom.